The van der Waals surface area contributed by atoms with Gasteiger partial charge in [-0.05, 0) is 61.9 Å². The van der Waals surface area contributed by atoms with Gasteiger partial charge in [0.2, 0.25) is 0 Å². The summed E-state index contributed by atoms with van der Waals surface area (Å²) in [6, 6.07) is 16.8. The molecule has 0 aliphatic heterocycles. The van der Waals surface area contributed by atoms with Crippen LogP contribution in [0.5, 0.6) is 0 Å². The highest BCUT2D eigenvalue weighted by molar-refractivity contribution is 7.14. The third-order valence-corrected chi connectivity index (χ3v) is 8.12. The number of carboxylic acids is 1. The Balaban J connectivity index is 1.30. The van der Waals surface area contributed by atoms with Crippen molar-refractivity contribution in [2.24, 2.45) is 0 Å². The van der Waals surface area contributed by atoms with E-state index in [4.69, 9.17) is 26.2 Å². The molecule has 0 spiro atoms. The summed E-state index contributed by atoms with van der Waals surface area (Å²) in [5, 5.41) is 19.2. The molecule has 2 aromatic heterocycles. The zero-order valence-electron chi connectivity index (χ0n) is 22.5. The zero-order chi connectivity index (χ0) is 28.6. The van der Waals surface area contributed by atoms with Gasteiger partial charge in [0.25, 0.3) is 5.91 Å². The van der Waals surface area contributed by atoms with E-state index in [1.54, 1.807) is 23.5 Å². The monoisotopic (exact) mass is 590 g/mol. The molecule has 41 heavy (non-hydrogen) atoms. The molecule has 0 atom stereocenters. The van der Waals surface area contributed by atoms with Crippen molar-refractivity contribution >= 4 is 39.9 Å². The summed E-state index contributed by atoms with van der Waals surface area (Å²) >= 11 is 7.58. The van der Waals surface area contributed by atoms with E-state index < -0.39 is 5.97 Å². The average Bonchev–Trinajstić information content (AvgIpc) is 3.67. The van der Waals surface area contributed by atoms with Gasteiger partial charge in [0, 0.05) is 47.2 Å². The van der Waals surface area contributed by atoms with Gasteiger partial charge >= 0.3 is 5.97 Å². The third-order valence-electron chi connectivity index (χ3n) is 6.97. The minimum atomic E-state index is -0.944. The van der Waals surface area contributed by atoms with Crippen LogP contribution in [-0.4, -0.2) is 40.2 Å². The summed E-state index contributed by atoms with van der Waals surface area (Å²) in [5.41, 5.74) is 5.41. The minimum absolute atomic E-state index is 0.0955. The number of rotatable bonds is 12. The van der Waals surface area contributed by atoms with Crippen molar-refractivity contribution in [3.63, 3.8) is 0 Å². The topological polar surface area (TPSA) is 109 Å². The Morgan fingerprint density at radius 3 is 2.61 bits per heavy atom. The van der Waals surface area contributed by atoms with Crippen molar-refractivity contribution in [2.45, 2.75) is 45.1 Å². The number of allylic oxidation sites excluding steroid dienone is 1. The van der Waals surface area contributed by atoms with E-state index in [2.05, 4.69) is 21.4 Å². The molecule has 0 radical (unpaired) electrons. The molecule has 1 aliphatic carbocycles. The Hall–Kier alpha value is -3.95. The van der Waals surface area contributed by atoms with Gasteiger partial charge in [-0.3, -0.25) is 9.59 Å². The lowest BCUT2D eigenvalue weighted by Gasteiger charge is -2.24. The molecule has 0 fully saturated rings. The number of anilines is 1. The fourth-order valence-electron chi connectivity index (χ4n) is 4.69. The molecule has 4 aromatic rings. The number of amides is 1. The molecule has 0 saturated carbocycles. The number of nitrogens with zero attached hydrogens (tertiary/aromatic N) is 3. The highest BCUT2D eigenvalue weighted by atomic mass is 35.5. The average molecular weight is 591 g/mol. The summed E-state index contributed by atoms with van der Waals surface area (Å²) in [5.74, 6) is -0.625. The maximum Gasteiger partial charge on any atom is 0.305 e. The predicted molar refractivity (Wildman–Crippen MR) is 161 cm³/mol. The normalized spacial score (nSPS) is 13.0. The Morgan fingerprint density at radius 1 is 1.07 bits per heavy atom. The second-order valence-corrected chi connectivity index (χ2v) is 11.2. The fraction of sp³-hybridized carbons (Fsp3) is 0.290. The lowest BCUT2D eigenvalue weighted by molar-refractivity contribution is -0.136. The molecule has 0 bridgehead atoms. The molecule has 1 amide bonds. The lowest BCUT2D eigenvalue weighted by atomic mass is 9.97. The molecule has 0 saturated heterocycles. The van der Waals surface area contributed by atoms with Gasteiger partial charge in [-0.1, -0.05) is 52.7 Å². The van der Waals surface area contributed by atoms with Crippen LogP contribution in [0.2, 0.25) is 5.02 Å². The SMILES string of the molecule is O=C(O)CCNC(=O)c1ccc(CN(CCC2=CCCCC2)c2nc(-c3cc(-c4ccc(Cl)cc4)no3)cs2)cc1. The second kappa shape index (κ2) is 13.6. The number of carbonyl (C=O) groups excluding carboxylic acids is 1. The highest BCUT2D eigenvalue weighted by Gasteiger charge is 2.18. The van der Waals surface area contributed by atoms with Crippen LogP contribution in [0.3, 0.4) is 0 Å². The fourth-order valence-corrected chi connectivity index (χ4v) is 5.66. The quantitative estimate of drug-likeness (QED) is 0.168. The predicted octanol–water partition coefficient (Wildman–Crippen LogP) is 7.22. The molecule has 8 nitrogen and oxygen atoms in total. The van der Waals surface area contributed by atoms with Gasteiger partial charge in [-0.25, -0.2) is 4.98 Å². The molecule has 2 N–H and O–H groups in total. The molecule has 212 valence electrons. The zero-order valence-corrected chi connectivity index (χ0v) is 24.1. The van der Waals surface area contributed by atoms with Crippen LogP contribution in [0.1, 0.15) is 54.4 Å². The van der Waals surface area contributed by atoms with Crippen molar-refractivity contribution in [1.29, 1.82) is 0 Å². The molecule has 1 aliphatic rings. The molecule has 10 heteroatoms. The van der Waals surface area contributed by atoms with Crippen LogP contribution >= 0.6 is 22.9 Å². The largest absolute Gasteiger partial charge is 0.481 e. The van der Waals surface area contributed by atoms with Gasteiger partial charge in [0.05, 0.1) is 6.42 Å². The number of nitrogens with one attached hydrogen (secondary N) is 1. The van der Waals surface area contributed by atoms with E-state index in [1.165, 1.54) is 18.4 Å². The standard InChI is InChI=1S/C31H31ClN4O4S/c32-25-12-10-23(11-13-25)26-18-28(40-35-26)27-20-41-31(34-27)36(17-15-21-4-2-1-3-5-21)19-22-6-8-24(9-7-22)30(39)33-16-14-29(37)38/h4,6-13,18,20H,1-3,5,14-17,19H2,(H,33,39)(H,37,38). The van der Waals surface area contributed by atoms with Gasteiger partial charge < -0.3 is 19.8 Å². The second-order valence-electron chi connectivity index (χ2n) is 9.97. The summed E-state index contributed by atoms with van der Waals surface area (Å²) in [6.45, 7) is 1.55. The number of benzene rings is 2. The molecule has 0 unspecified atom stereocenters. The van der Waals surface area contributed by atoms with Crippen LogP contribution < -0.4 is 10.2 Å². The van der Waals surface area contributed by atoms with Gasteiger partial charge in [0.15, 0.2) is 10.9 Å². The first-order chi connectivity index (χ1) is 19.9. The number of hydrogen-bond acceptors (Lipinski definition) is 7. The summed E-state index contributed by atoms with van der Waals surface area (Å²) in [6.07, 6.45) is 8.03. The first kappa shape index (κ1) is 28.6. The molecule has 2 aromatic carbocycles. The maximum atomic E-state index is 12.4. The van der Waals surface area contributed by atoms with Crippen LogP contribution in [-0.2, 0) is 11.3 Å². The first-order valence-electron chi connectivity index (χ1n) is 13.6. The Morgan fingerprint density at radius 2 is 1.88 bits per heavy atom. The van der Waals surface area contributed by atoms with Crippen LogP contribution in [0.25, 0.3) is 22.7 Å². The lowest BCUT2D eigenvalue weighted by Crippen LogP contribution is -2.26. The van der Waals surface area contributed by atoms with E-state index in [-0.39, 0.29) is 18.9 Å². The van der Waals surface area contributed by atoms with Crippen LogP contribution in [0.4, 0.5) is 5.13 Å². The summed E-state index contributed by atoms with van der Waals surface area (Å²) in [7, 11) is 0. The van der Waals surface area contributed by atoms with Crippen LogP contribution in [0.15, 0.2) is 76.1 Å². The number of thiazole rings is 1. The van der Waals surface area contributed by atoms with Crippen molar-refractivity contribution in [3.8, 4) is 22.7 Å². The van der Waals surface area contributed by atoms with E-state index in [0.717, 1.165) is 53.5 Å². The number of aromatic nitrogens is 2. The van der Waals surface area contributed by atoms with Gasteiger partial charge in [-0.2, -0.15) is 0 Å². The summed E-state index contributed by atoms with van der Waals surface area (Å²) in [4.78, 5) is 30.2. The maximum absolute atomic E-state index is 12.4. The third kappa shape index (κ3) is 7.83. The van der Waals surface area contributed by atoms with Crippen molar-refractivity contribution < 1.29 is 19.2 Å². The van der Waals surface area contributed by atoms with E-state index in [0.29, 0.717) is 22.9 Å². The molecule has 5 rings (SSSR count). The number of carboxylic acid groups (broad SMARTS) is 1. The number of hydrogen-bond donors (Lipinski definition) is 2. The molecule has 2 heterocycles. The van der Waals surface area contributed by atoms with Gasteiger partial charge in [0.1, 0.15) is 11.4 Å². The van der Waals surface area contributed by atoms with Crippen molar-refractivity contribution in [1.82, 2.24) is 15.5 Å². The Labute approximate surface area is 247 Å². The Kier molecular flexibility index (Phi) is 9.48. The first-order valence-corrected chi connectivity index (χ1v) is 14.9. The molecular formula is C31H31ClN4O4S. The number of aliphatic carboxylic acids is 1. The van der Waals surface area contributed by atoms with Crippen LogP contribution in [0, 0.1) is 0 Å². The number of halogens is 1. The summed E-state index contributed by atoms with van der Waals surface area (Å²) < 4.78 is 5.64. The molecular weight excluding hydrogens is 560 g/mol. The van der Waals surface area contributed by atoms with Crippen molar-refractivity contribution in [2.75, 3.05) is 18.0 Å². The Bertz CT molecular complexity index is 1510. The minimum Gasteiger partial charge on any atom is -0.481 e. The number of carbonyl (C=O) groups is 2. The van der Waals surface area contributed by atoms with E-state index >= 15 is 0 Å². The van der Waals surface area contributed by atoms with Crippen molar-refractivity contribution in [3.05, 3.63) is 87.8 Å². The smallest absolute Gasteiger partial charge is 0.305 e. The van der Waals surface area contributed by atoms with E-state index in [1.807, 2.05) is 47.8 Å². The van der Waals surface area contributed by atoms with E-state index in [9.17, 15) is 9.59 Å². The highest BCUT2D eigenvalue weighted by Crippen LogP contribution is 2.32. The van der Waals surface area contributed by atoms with Gasteiger partial charge in [-0.15, -0.1) is 11.3 Å².